The number of anilines is 1. The first kappa shape index (κ1) is 25.0. The van der Waals surface area contributed by atoms with Crippen molar-refractivity contribution in [1.29, 1.82) is 0 Å². The minimum absolute atomic E-state index is 0.185. The highest BCUT2D eigenvalue weighted by Gasteiger charge is 2.30. The van der Waals surface area contributed by atoms with Gasteiger partial charge in [-0.2, -0.15) is 0 Å². The van der Waals surface area contributed by atoms with Crippen molar-refractivity contribution in [2.75, 3.05) is 30.8 Å². The molecule has 3 aromatic carbocycles. The maximum Gasteiger partial charge on any atom is 0.255 e. The number of amides is 1. The van der Waals surface area contributed by atoms with Crippen LogP contribution in [0.15, 0.2) is 71.1 Å². The Morgan fingerprint density at radius 3 is 2.41 bits per heavy atom. The van der Waals surface area contributed by atoms with Gasteiger partial charge in [0.1, 0.15) is 11.3 Å². The molecule has 4 aromatic rings. The smallest absolute Gasteiger partial charge is 0.255 e. The van der Waals surface area contributed by atoms with Gasteiger partial charge in [0.25, 0.3) is 5.91 Å². The molecule has 0 spiro atoms. The highest BCUT2D eigenvalue weighted by atomic mass is 32.2. The van der Waals surface area contributed by atoms with Crippen LogP contribution in [0.1, 0.15) is 28.8 Å². The lowest BCUT2D eigenvalue weighted by molar-refractivity contribution is 0.0964. The molecule has 1 saturated heterocycles. The summed E-state index contributed by atoms with van der Waals surface area (Å²) in [5.74, 6) is 0.163. The van der Waals surface area contributed by atoms with Crippen molar-refractivity contribution in [3.05, 3.63) is 77.9 Å². The Morgan fingerprint density at radius 2 is 1.78 bits per heavy atom. The largest absolute Gasteiger partial charge is 0.455 e. The molecular weight excluding hydrogens is 488 g/mol. The molecule has 0 saturated carbocycles. The molecule has 2 heterocycles. The number of carbonyl (C=O) groups excluding carboxylic acids is 1. The fourth-order valence-electron chi connectivity index (χ4n) is 4.83. The van der Waals surface area contributed by atoms with E-state index in [0.29, 0.717) is 40.2 Å². The van der Waals surface area contributed by atoms with Crippen LogP contribution >= 0.6 is 0 Å². The molecule has 1 amide bonds. The van der Waals surface area contributed by atoms with Crippen LogP contribution in [0.4, 0.5) is 5.69 Å². The molecule has 8 heteroatoms. The predicted octanol–water partition coefficient (Wildman–Crippen LogP) is 5.38. The van der Waals surface area contributed by atoms with E-state index in [0.717, 1.165) is 29.5 Å². The quantitative estimate of drug-likeness (QED) is 0.355. The molecule has 0 radical (unpaired) electrons. The van der Waals surface area contributed by atoms with Gasteiger partial charge in [-0.05, 0) is 31.4 Å². The van der Waals surface area contributed by atoms with Crippen molar-refractivity contribution in [3.63, 3.8) is 0 Å². The molecule has 1 atom stereocenters. The molecule has 1 aliphatic heterocycles. The highest BCUT2D eigenvalue weighted by Crippen LogP contribution is 2.42. The number of carbonyl (C=O) groups is 1. The number of hydrogen-bond donors (Lipinski definition) is 1. The van der Waals surface area contributed by atoms with E-state index in [1.807, 2.05) is 67.6 Å². The molecule has 37 heavy (non-hydrogen) atoms. The Hall–Kier alpha value is -3.62. The molecule has 0 bridgehead atoms. The Kier molecular flexibility index (Phi) is 6.79. The van der Waals surface area contributed by atoms with Gasteiger partial charge in [-0.15, -0.1) is 0 Å². The van der Waals surface area contributed by atoms with Crippen LogP contribution in [0.2, 0.25) is 0 Å². The summed E-state index contributed by atoms with van der Waals surface area (Å²) in [4.78, 5) is 13.1. The maximum atomic E-state index is 13.1. The van der Waals surface area contributed by atoms with E-state index in [2.05, 4.69) is 5.32 Å². The standard InChI is InChI=1S/C29H30N2O5S/c1-19-11-13-21(14-12-19)28-27(29(32)30-2)24-16-23(20-8-5-4-6-9-20)25(17-26(24)36-28)31(37(3,33)34)18-22-10-7-15-35-22/h4-6,8-9,11-14,16-17,22H,7,10,15,18H2,1-3H3,(H,30,32). The fraction of sp³-hybridized carbons (Fsp3) is 0.276. The number of furan rings is 1. The maximum absolute atomic E-state index is 13.1. The lowest BCUT2D eigenvalue weighted by atomic mass is 9.98. The minimum Gasteiger partial charge on any atom is -0.455 e. The number of rotatable bonds is 7. The number of nitrogens with one attached hydrogen (secondary N) is 1. The van der Waals surface area contributed by atoms with Gasteiger partial charge in [0, 0.05) is 36.2 Å². The summed E-state index contributed by atoms with van der Waals surface area (Å²) < 4.78 is 39.7. The third-order valence-corrected chi connectivity index (χ3v) is 7.87. The zero-order valence-electron chi connectivity index (χ0n) is 21.2. The summed E-state index contributed by atoms with van der Waals surface area (Å²) in [7, 11) is -2.07. The molecule has 1 N–H and O–H groups in total. The van der Waals surface area contributed by atoms with Crippen LogP contribution in [-0.4, -0.2) is 46.9 Å². The molecule has 0 aliphatic carbocycles. The molecule has 1 aromatic heterocycles. The molecule has 5 rings (SSSR count). The highest BCUT2D eigenvalue weighted by molar-refractivity contribution is 7.92. The van der Waals surface area contributed by atoms with Gasteiger partial charge in [-0.3, -0.25) is 9.10 Å². The fourth-order valence-corrected chi connectivity index (χ4v) is 5.78. The van der Waals surface area contributed by atoms with E-state index in [4.69, 9.17) is 9.15 Å². The number of sulfonamides is 1. The number of aryl methyl sites for hydroxylation is 1. The van der Waals surface area contributed by atoms with Crippen molar-refractivity contribution in [2.24, 2.45) is 0 Å². The first-order valence-electron chi connectivity index (χ1n) is 12.3. The van der Waals surface area contributed by atoms with E-state index >= 15 is 0 Å². The van der Waals surface area contributed by atoms with Gasteiger partial charge >= 0.3 is 0 Å². The lowest BCUT2D eigenvalue weighted by Crippen LogP contribution is -2.37. The Balaban J connectivity index is 1.79. The van der Waals surface area contributed by atoms with Crippen LogP contribution < -0.4 is 9.62 Å². The van der Waals surface area contributed by atoms with Gasteiger partial charge in [0.2, 0.25) is 10.0 Å². The molecule has 192 valence electrons. The summed E-state index contributed by atoms with van der Waals surface area (Å²) in [6.07, 6.45) is 2.72. The number of nitrogens with zero attached hydrogens (tertiary/aromatic N) is 1. The summed E-state index contributed by atoms with van der Waals surface area (Å²) in [6, 6.07) is 20.9. The van der Waals surface area contributed by atoms with Gasteiger partial charge in [0.05, 0.1) is 30.2 Å². The third-order valence-electron chi connectivity index (χ3n) is 6.72. The number of fused-ring (bicyclic) bond motifs is 1. The third kappa shape index (κ3) is 4.99. The van der Waals surface area contributed by atoms with E-state index in [9.17, 15) is 13.2 Å². The average Bonchev–Trinajstić information content (AvgIpc) is 3.54. The van der Waals surface area contributed by atoms with Crippen molar-refractivity contribution in [3.8, 4) is 22.5 Å². The van der Waals surface area contributed by atoms with Crippen LogP contribution in [0, 0.1) is 6.92 Å². The van der Waals surface area contributed by atoms with Gasteiger partial charge < -0.3 is 14.5 Å². The monoisotopic (exact) mass is 518 g/mol. The van der Waals surface area contributed by atoms with Gasteiger partial charge in [0.15, 0.2) is 0 Å². The second kappa shape index (κ2) is 10.0. The van der Waals surface area contributed by atoms with E-state index in [1.165, 1.54) is 10.6 Å². The molecule has 1 unspecified atom stereocenters. The Labute approximate surface area is 217 Å². The summed E-state index contributed by atoms with van der Waals surface area (Å²) in [5.41, 5.74) is 4.72. The van der Waals surface area contributed by atoms with E-state index in [1.54, 1.807) is 13.1 Å². The molecule has 7 nitrogen and oxygen atoms in total. The SMILES string of the molecule is CNC(=O)c1c(-c2ccc(C)cc2)oc2cc(N(CC3CCCO3)S(C)(=O)=O)c(-c3ccccc3)cc12. The second-order valence-corrected chi connectivity index (χ2v) is 11.3. The molecular formula is C29H30N2O5S. The second-order valence-electron chi connectivity index (χ2n) is 9.41. The topological polar surface area (TPSA) is 88.8 Å². The number of benzene rings is 3. The molecule has 1 fully saturated rings. The van der Waals surface area contributed by atoms with Crippen molar-refractivity contribution < 1.29 is 22.4 Å². The number of hydrogen-bond acceptors (Lipinski definition) is 5. The first-order valence-corrected chi connectivity index (χ1v) is 14.2. The Bertz CT molecular complexity index is 1540. The predicted molar refractivity (Wildman–Crippen MR) is 146 cm³/mol. The Morgan fingerprint density at radius 1 is 1.05 bits per heavy atom. The van der Waals surface area contributed by atoms with E-state index < -0.39 is 10.0 Å². The average molecular weight is 519 g/mol. The summed E-state index contributed by atoms with van der Waals surface area (Å²) >= 11 is 0. The summed E-state index contributed by atoms with van der Waals surface area (Å²) in [5, 5.41) is 3.34. The minimum atomic E-state index is -3.65. The van der Waals surface area contributed by atoms with Crippen LogP contribution in [0.5, 0.6) is 0 Å². The number of ether oxygens (including phenoxy) is 1. The normalized spacial score (nSPS) is 15.7. The van der Waals surface area contributed by atoms with Gasteiger partial charge in [-0.25, -0.2) is 8.42 Å². The zero-order valence-corrected chi connectivity index (χ0v) is 22.0. The zero-order chi connectivity index (χ0) is 26.2. The summed E-state index contributed by atoms with van der Waals surface area (Å²) in [6.45, 7) is 2.83. The van der Waals surface area contributed by atoms with Gasteiger partial charge in [-0.1, -0.05) is 60.2 Å². The van der Waals surface area contributed by atoms with Crippen molar-refractivity contribution >= 4 is 32.6 Å². The van der Waals surface area contributed by atoms with Crippen LogP contribution in [-0.2, 0) is 14.8 Å². The van der Waals surface area contributed by atoms with Crippen molar-refractivity contribution in [2.45, 2.75) is 25.9 Å². The first-order chi connectivity index (χ1) is 17.8. The van der Waals surface area contributed by atoms with E-state index in [-0.39, 0.29) is 18.6 Å². The van der Waals surface area contributed by atoms with Crippen LogP contribution in [0.25, 0.3) is 33.4 Å². The van der Waals surface area contributed by atoms with Crippen LogP contribution in [0.3, 0.4) is 0 Å². The van der Waals surface area contributed by atoms with Crippen molar-refractivity contribution in [1.82, 2.24) is 5.32 Å². The molecule has 1 aliphatic rings. The lowest BCUT2D eigenvalue weighted by Gasteiger charge is -2.27.